The molecule has 0 aliphatic heterocycles. The van der Waals surface area contributed by atoms with Crippen molar-refractivity contribution in [3.8, 4) is 0 Å². The third-order valence-electron chi connectivity index (χ3n) is 2.67. The van der Waals surface area contributed by atoms with Crippen molar-refractivity contribution in [3.63, 3.8) is 0 Å². The molecule has 0 aromatic heterocycles. The van der Waals surface area contributed by atoms with Gasteiger partial charge in [-0.05, 0) is 37.6 Å². The second kappa shape index (κ2) is 6.88. The Hall–Kier alpha value is -1.11. The Morgan fingerprint density at radius 2 is 1.89 bits per heavy atom. The Labute approximate surface area is 115 Å². The highest BCUT2D eigenvalue weighted by atomic mass is 32.2. The van der Waals surface area contributed by atoms with Gasteiger partial charge in [0.2, 0.25) is 10.0 Å². The molecule has 1 unspecified atom stereocenters. The molecule has 19 heavy (non-hydrogen) atoms. The fourth-order valence-corrected chi connectivity index (χ4v) is 2.84. The lowest BCUT2D eigenvalue weighted by molar-refractivity contribution is 0.201. The Morgan fingerprint density at radius 1 is 1.32 bits per heavy atom. The average molecular weight is 286 g/mol. The molecule has 1 atom stereocenters. The number of aliphatic hydroxyl groups is 1. The fourth-order valence-electron chi connectivity index (χ4n) is 1.70. The van der Waals surface area contributed by atoms with Crippen LogP contribution in [0.3, 0.4) is 0 Å². The molecule has 0 saturated carbocycles. The minimum atomic E-state index is -3.41. The first kappa shape index (κ1) is 15.9. The van der Waals surface area contributed by atoms with Crippen LogP contribution in [0, 0.1) is 0 Å². The highest BCUT2D eigenvalue weighted by Crippen LogP contribution is 2.17. The summed E-state index contributed by atoms with van der Waals surface area (Å²) in [6, 6.07) is 6.63. The third-order valence-corrected chi connectivity index (χ3v) is 4.14. The van der Waals surface area contributed by atoms with Crippen molar-refractivity contribution in [1.29, 1.82) is 0 Å². The van der Waals surface area contributed by atoms with E-state index in [0.29, 0.717) is 13.1 Å². The van der Waals surface area contributed by atoms with Gasteiger partial charge in [-0.25, -0.2) is 13.1 Å². The Kier molecular flexibility index (Phi) is 5.78. The normalized spacial score (nSPS) is 13.3. The average Bonchev–Trinajstić information content (AvgIpc) is 2.36. The van der Waals surface area contributed by atoms with E-state index in [-0.39, 0.29) is 4.90 Å². The first-order valence-electron chi connectivity index (χ1n) is 6.35. The molecule has 0 radical (unpaired) electrons. The Balaban J connectivity index is 2.81. The van der Waals surface area contributed by atoms with E-state index in [1.54, 1.807) is 31.2 Å². The zero-order valence-corrected chi connectivity index (χ0v) is 12.4. The number of rotatable bonds is 7. The highest BCUT2D eigenvalue weighted by Gasteiger charge is 2.13. The summed E-state index contributed by atoms with van der Waals surface area (Å²) in [6.07, 6.45) is 0.327. The molecule has 2 N–H and O–H groups in total. The largest absolute Gasteiger partial charge is 0.392 e. The van der Waals surface area contributed by atoms with Gasteiger partial charge in [0.1, 0.15) is 0 Å². The van der Waals surface area contributed by atoms with Gasteiger partial charge in [0.15, 0.2) is 0 Å². The monoisotopic (exact) mass is 286 g/mol. The zero-order chi connectivity index (χ0) is 14.5. The van der Waals surface area contributed by atoms with E-state index in [0.717, 1.165) is 12.1 Å². The second-order valence-electron chi connectivity index (χ2n) is 4.62. The van der Waals surface area contributed by atoms with Crippen LogP contribution in [0.25, 0.3) is 0 Å². The molecule has 1 aromatic rings. The zero-order valence-electron chi connectivity index (χ0n) is 11.6. The number of sulfonamides is 1. The second-order valence-corrected chi connectivity index (χ2v) is 6.39. The van der Waals surface area contributed by atoms with Crippen LogP contribution in [0.1, 0.15) is 20.3 Å². The number of hydrogen-bond acceptors (Lipinski definition) is 4. The number of nitrogens with one attached hydrogen (secondary N) is 1. The molecule has 0 heterocycles. The van der Waals surface area contributed by atoms with Crippen LogP contribution in [0.5, 0.6) is 0 Å². The molecule has 6 heteroatoms. The van der Waals surface area contributed by atoms with Crippen molar-refractivity contribution >= 4 is 15.7 Å². The number of likely N-dealkylation sites (N-methyl/N-ethyl adjacent to an activating group) is 1. The highest BCUT2D eigenvalue weighted by molar-refractivity contribution is 7.89. The summed E-state index contributed by atoms with van der Waals surface area (Å²) in [7, 11) is -1.55. The summed E-state index contributed by atoms with van der Waals surface area (Å²) in [4.78, 5) is 2.13. The number of benzene rings is 1. The molecule has 0 aliphatic rings. The van der Waals surface area contributed by atoms with Gasteiger partial charge in [-0.15, -0.1) is 0 Å². The standard InChI is InChI=1S/C13H22N2O3S/c1-4-9-14-19(17,18)13-7-5-12(6-8-13)15(3)10-11(2)16/h5-8,11,14,16H,4,9-10H2,1-3H3. The molecule has 108 valence electrons. The van der Waals surface area contributed by atoms with Gasteiger partial charge in [-0.1, -0.05) is 6.92 Å². The van der Waals surface area contributed by atoms with E-state index in [2.05, 4.69) is 4.72 Å². The third kappa shape index (κ3) is 4.81. The minimum Gasteiger partial charge on any atom is -0.392 e. The molecule has 5 nitrogen and oxygen atoms in total. The van der Waals surface area contributed by atoms with E-state index in [4.69, 9.17) is 0 Å². The predicted molar refractivity (Wildman–Crippen MR) is 76.9 cm³/mol. The topological polar surface area (TPSA) is 69.6 Å². The quantitative estimate of drug-likeness (QED) is 0.790. The summed E-state index contributed by atoms with van der Waals surface area (Å²) in [6.45, 7) is 4.56. The maximum Gasteiger partial charge on any atom is 0.240 e. The Bertz CT molecular complexity index is 483. The van der Waals surface area contributed by atoms with E-state index in [9.17, 15) is 13.5 Å². The van der Waals surface area contributed by atoms with Crippen molar-refractivity contribution in [1.82, 2.24) is 4.72 Å². The van der Waals surface area contributed by atoms with Gasteiger partial charge in [0.25, 0.3) is 0 Å². The summed E-state index contributed by atoms with van der Waals surface area (Å²) in [5.74, 6) is 0. The van der Waals surface area contributed by atoms with E-state index >= 15 is 0 Å². The molecular weight excluding hydrogens is 264 g/mol. The number of nitrogens with zero attached hydrogens (tertiary/aromatic N) is 1. The van der Waals surface area contributed by atoms with Crippen molar-refractivity contribution in [2.45, 2.75) is 31.3 Å². The molecule has 1 rings (SSSR count). The van der Waals surface area contributed by atoms with Crippen LogP contribution < -0.4 is 9.62 Å². The fraction of sp³-hybridized carbons (Fsp3) is 0.538. The molecule has 1 aromatic carbocycles. The summed E-state index contributed by atoms with van der Waals surface area (Å²) >= 11 is 0. The number of aliphatic hydroxyl groups excluding tert-OH is 1. The van der Waals surface area contributed by atoms with Crippen LogP contribution >= 0.6 is 0 Å². The van der Waals surface area contributed by atoms with Gasteiger partial charge >= 0.3 is 0 Å². The predicted octanol–water partition coefficient (Wildman–Crippen LogP) is 1.19. The van der Waals surface area contributed by atoms with Crippen molar-refractivity contribution < 1.29 is 13.5 Å². The molecule has 0 fully saturated rings. The lowest BCUT2D eigenvalue weighted by Crippen LogP contribution is -2.27. The van der Waals surface area contributed by atoms with Crippen molar-refractivity contribution in [3.05, 3.63) is 24.3 Å². The van der Waals surface area contributed by atoms with Gasteiger partial charge in [-0.3, -0.25) is 0 Å². The summed E-state index contributed by atoms with van der Waals surface area (Å²) in [5.41, 5.74) is 0.871. The lowest BCUT2D eigenvalue weighted by atomic mass is 10.3. The number of hydrogen-bond donors (Lipinski definition) is 2. The molecule has 0 saturated heterocycles. The number of anilines is 1. The van der Waals surface area contributed by atoms with E-state index in [1.807, 2.05) is 18.9 Å². The van der Waals surface area contributed by atoms with Crippen LogP contribution in [0.4, 0.5) is 5.69 Å². The summed E-state index contributed by atoms with van der Waals surface area (Å²) < 4.78 is 26.3. The van der Waals surface area contributed by atoms with Crippen molar-refractivity contribution in [2.24, 2.45) is 0 Å². The Morgan fingerprint density at radius 3 is 2.37 bits per heavy atom. The van der Waals surface area contributed by atoms with Gasteiger partial charge < -0.3 is 10.0 Å². The first-order chi connectivity index (χ1) is 8.86. The van der Waals surface area contributed by atoms with Crippen LogP contribution in [0.2, 0.25) is 0 Å². The lowest BCUT2D eigenvalue weighted by Gasteiger charge is -2.21. The van der Waals surface area contributed by atoms with Crippen molar-refractivity contribution in [2.75, 3.05) is 25.0 Å². The van der Waals surface area contributed by atoms with E-state index < -0.39 is 16.1 Å². The van der Waals surface area contributed by atoms with Gasteiger partial charge in [0, 0.05) is 25.8 Å². The minimum absolute atomic E-state index is 0.259. The molecular formula is C13H22N2O3S. The molecule has 0 bridgehead atoms. The summed E-state index contributed by atoms with van der Waals surface area (Å²) in [5, 5.41) is 9.32. The first-order valence-corrected chi connectivity index (χ1v) is 7.84. The van der Waals surface area contributed by atoms with Crippen LogP contribution in [-0.4, -0.2) is 39.8 Å². The van der Waals surface area contributed by atoms with Gasteiger partial charge in [0.05, 0.1) is 11.0 Å². The molecule has 0 aliphatic carbocycles. The van der Waals surface area contributed by atoms with Crippen LogP contribution in [-0.2, 0) is 10.0 Å². The van der Waals surface area contributed by atoms with Crippen LogP contribution in [0.15, 0.2) is 29.2 Å². The SMILES string of the molecule is CCCNS(=O)(=O)c1ccc(N(C)CC(C)O)cc1. The van der Waals surface area contributed by atoms with E-state index in [1.165, 1.54) is 0 Å². The van der Waals surface area contributed by atoms with Gasteiger partial charge in [-0.2, -0.15) is 0 Å². The smallest absolute Gasteiger partial charge is 0.240 e. The maximum absolute atomic E-state index is 11.9. The molecule has 0 spiro atoms. The molecule has 0 amide bonds. The maximum atomic E-state index is 11.9.